The van der Waals surface area contributed by atoms with Crippen LogP contribution in [0.5, 0.6) is 0 Å². The average molecular weight is 297 g/mol. The molecule has 1 atom stereocenters. The molecule has 22 heavy (non-hydrogen) atoms. The van der Waals surface area contributed by atoms with Crippen molar-refractivity contribution in [2.24, 2.45) is 5.92 Å². The second kappa shape index (κ2) is 7.35. The van der Waals surface area contributed by atoms with Crippen molar-refractivity contribution >= 4 is 5.70 Å². The third kappa shape index (κ3) is 4.27. The molecule has 0 radical (unpaired) electrons. The molecule has 1 heterocycles. The summed E-state index contributed by atoms with van der Waals surface area (Å²) in [6, 6.07) is 10.3. The number of nitrogens with one attached hydrogen (secondary N) is 1. The molecule has 2 heteroatoms. The van der Waals surface area contributed by atoms with E-state index >= 15 is 0 Å². The molecule has 0 saturated carbocycles. The van der Waals surface area contributed by atoms with Gasteiger partial charge in [0.2, 0.25) is 0 Å². The highest BCUT2D eigenvalue weighted by Crippen LogP contribution is 2.31. The van der Waals surface area contributed by atoms with Crippen LogP contribution < -0.4 is 5.32 Å². The molecular weight excluding hydrogens is 270 g/mol. The minimum Gasteiger partial charge on any atom is -0.508 e. The molecule has 1 aromatic carbocycles. The standard InChI is InChI=1S/C16H17NO.C4H10/c1-11-7-8-13-15(9-11)17-14(10-16(13)18)12-5-3-2-4-6-12;1-4(2)3/h2-6,9-10,15,17-18H,7-8H2,1H3;4H,1-3H3. The average Bonchev–Trinajstić information content (AvgIpc) is 2.47. The number of hydrogen-bond donors (Lipinski definition) is 2. The first kappa shape index (κ1) is 16.4. The van der Waals surface area contributed by atoms with Crippen LogP contribution in [0.2, 0.25) is 0 Å². The molecule has 2 nitrogen and oxygen atoms in total. The number of benzene rings is 1. The number of dihydropyridines is 1. The van der Waals surface area contributed by atoms with E-state index in [1.165, 1.54) is 5.57 Å². The van der Waals surface area contributed by atoms with Crippen LogP contribution in [0.1, 0.15) is 46.1 Å². The molecule has 1 aliphatic heterocycles. The number of fused-ring (bicyclic) bond motifs is 1. The lowest BCUT2D eigenvalue weighted by Crippen LogP contribution is -2.33. The predicted molar refractivity (Wildman–Crippen MR) is 94.5 cm³/mol. The first-order valence-corrected chi connectivity index (χ1v) is 8.10. The molecule has 0 aromatic heterocycles. The highest BCUT2D eigenvalue weighted by molar-refractivity contribution is 5.69. The van der Waals surface area contributed by atoms with Gasteiger partial charge in [-0.05, 0) is 36.8 Å². The normalized spacial score (nSPS) is 20.3. The zero-order valence-corrected chi connectivity index (χ0v) is 14.1. The first-order valence-electron chi connectivity index (χ1n) is 8.10. The van der Waals surface area contributed by atoms with Crippen LogP contribution in [0.4, 0.5) is 0 Å². The maximum absolute atomic E-state index is 10.2. The molecule has 118 valence electrons. The van der Waals surface area contributed by atoms with Crippen molar-refractivity contribution in [1.82, 2.24) is 5.32 Å². The fourth-order valence-corrected chi connectivity index (χ4v) is 2.59. The van der Waals surface area contributed by atoms with Gasteiger partial charge in [-0.25, -0.2) is 0 Å². The van der Waals surface area contributed by atoms with Gasteiger partial charge in [-0.3, -0.25) is 0 Å². The minimum absolute atomic E-state index is 0.152. The Bertz CT molecular complexity index is 591. The number of rotatable bonds is 1. The summed E-state index contributed by atoms with van der Waals surface area (Å²) in [5.74, 6) is 1.27. The topological polar surface area (TPSA) is 32.3 Å². The summed E-state index contributed by atoms with van der Waals surface area (Å²) < 4.78 is 0. The summed E-state index contributed by atoms with van der Waals surface area (Å²) in [4.78, 5) is 0. The molecule has 3 rings (SSSR count). The monoisotopic (exact) mass is 297 g/mol. The molecule has 0 fully saturated rings. The summed E-state index contributed by atoms with van der Waals surface area (Å²) in [6.45, 7) is 8.65. The Morgan fingerprint density at radius 3 is 2.36 bits per heavy atom. The van der Waals surface area contributed by atoms with Gasteiger partial charge in [0.15, 0.2) is 0 Å². The van der Waals surface area contributed by atoms with E-state index < -0.39 is 0 Å². The fourth-order valence-electron chi connectivity index (χ4n) is 2.59. The smallest absolute Gasteiger partial charge is 0.119 e. The molecule has 0 spiro atoms. The Hall–Kier alpha value is -1.96. The molecule has 1 unspecified atom stereocenters. The minimum atomic E-state index is 0.152. The number of aliphatic hydroxyl groups excluding tert-OH is 1. The third-order valence-electron chi connectivity index (χ3n) is 3.62. The highest BCUT2D eigenvalue weighted by Gasteiger charge is 2.24. The summed E-state index contributed by atoms with van der Waals surface area (Å²) in [5.41, 5.74) is 4.60. The Labute approximate surface area is 134 Å². The summed E-state index contributed by atoms with van der Waals surface area (Å²) >= 11 is 0. The Morgan fingerprint density at radius 2 is 1.73 bits per heavy atom. The third-order valence-corrected chi connectivity index (χ3v) is 3.62. The maximum atomic E-state index is 10.2. The van der Waals surface area contributed by atoms with E-state index in [0.717, 1.165) is 35.6 Å². The van der Waals surface area contributed by atoms with Crippen LogP contribution >= 0.6 is 0 Å². The van der Waals surface area contributed by atoms with Gasteiger partial charge in [0.25, 0.3) is 0 Å². The van der Waals surface area contributed by atoms with Crippen molar-refractivity contribution in [2.75, 3.05) is 0 Å². The van der Waals surface area contributed by atoms with Crippen molar-refractivity contribution in [1.29, 1.82) is 0 Å². The molecule has 1 aliphatic carbocycles. The van der Waals surface area contributed by atoms with Gasteiger partial charge in [-0.2, -0.15) is 0 Å². The van der Waals surface area contributed by atoms with Crippen molar-refractivity contribution in [2.45, 2.75) is 46.6 Å². The Kier molecular flexibility index (Phi) is 5.48. The van der Waals surface area contributed by atoms with Crippen molar-refractivity contribution in [3.8, 4) is 0 Å². The van der Waals surface area contributed by atoms with E-state index in [4.69, 9.17) is 0 Å². The van der Waals surface area contributed by atoms with Crippen LogP contribution in [-0.4, -0.2) is 11.1 Å². The van der Waals surface area contributed by atoms with E-state index in [9.17, 15) is 5.11 Å². The number of aliphatic hydroxyl groups is 1. The molecule has 2 N–H and O–H groups in total. The zero-order valence-electron chi connectivity index (χ0n) is 14.1. The van der Waals surface area contributed by atoms with Crippen LogP contribution in [-0.2, 0) is 0 Å². The van der Waals surface area contributed by atoms with Gasteiger partial charge in [-0.1, -0.05) is 62.8 Å². The van der Waals surface area contributed by atoms with Gasteiger partial charge < -0.3 is 10.4 Å². The lowest BCUT2D eigenvalue weighted by Gasteiger charge is -2.30. The summed E-state index contributed by atoms with van der Waals surface area (Å²) in [6.07, 6.45) is 6.05. The quantitative estimate of drug-likeness (QED) is 0.697. The van der Waals surface area contributed by atoms with Crippen LogP contribution in [0.3, 0.4) is 0 Å². The summed E-state index contributed by atoms with van der Waals surface area (Å²) in [7, 11) is 0. The fraction of sp³-hybridized carbons (Fsp3) is 0.400. The molecular formula is C20H27NO. The van der Waals surface area contributed by atoms with Crippen molar-refractivity contribution < 1.29 is 5.11 Å². The van der Waals surface area contributed by atoms with Crippen molar-refractivity contribution in [3.63, 3.8) is 0 Å². The van der Waals surface area contributed by atoms with Crippen LogP contribution in [0.15, 0.2) is 59.4 Å². The Balaban J connectivity index is 0.000000396. The zero-order chi connectivity index (χ0) is 16.1. The van der Waals surface area contributed by atoms with E-state index in [1.54, 1.807) is 0 Å². The highest BCUT2D eigenvalue weighted by atomic mass is 16.3. The van der Waals surface area contributed by atoms with E-state index in [-0.39, 0.29) is 6.04 Å². The maximum Gasteiger partial charge on any atom is 0.119 e. The van der Waals surface area contributed by atoms with E-state index in [1.807, 2.05) is 24.3 Å². The second-order valence-electron chi connectivity index (χ2n) is 6.70. The molecule has 2 aliphatic rings. The largest absolute Gasteiger partial charge is 0.508 e. The lowest BCUT2D eigenvalue weighted by molar-refractivity contribution is 0.410. The van der Waals surface area contributed by atoms with Gasteiger partial charge in [-0.15, -0.1) is 0 Å². The summed E-state index contributed by atoms with van der Waals surface area (Å²) in [5, 5.41) is 13.7. The molecule has 0 bridgehead atoms. The van der Waals surface area contributed by atoms with Gasteiger partial charge in [0, 0.05) is 11.8 Å². The first-order chi connectivity index (χ1) is 10.5. The molecule has 0 amide bonds. The molecule has 0 saturated heterocycles. The second-order valence-corrected chi connectivity index (χ2v) is 6.70. The lowest BCUT2D eigenvalue weighted by atomic mass is 9.87. The molecule has 1 aromatic rings. The van der Waals surface area contributed by atoms with Gasteiger partial charge in [0.1, 0.15) is 5.76 Å². The number of allylic oxidation sites excluding steroid dienone is 2. The van der Waals surface area contributed by atoms with E-state index in [2.05, 4.69) is 51.2 Å². The Morgan fingerprint density at radius 1 is 1.09 bits per heavy atom. The van der Waals surface area contributed by atoms with Crippen molar-refractivity contribution in [3.05, 3.63) is 65.0 Å². The van der Waals surface area contributed by atoms with E-state index in [0.29, 0.717) is 5.76 Å². The number of hydrogen-bond acceptors (Lipinski definition) is 2. The SMILES string of the molecule is CC(C)C.CC1=CC2NC(c3ccccc3)=CC(O)=C2CC1. The van der Waals surface area contributed by atoms with Gasteiger partial charge >= 0.3 is 0 Å². The van der Waals surface area contributed by atoms with Crippen LogP contribution in [0, 0.1) is 5.92 Å². The van der Waals surface area contributed by atoms with Crippen LogP contribution in [0.25, 0.3) is 5.70 Å². The predicted octanol–water partition coefficient (Wildman–Crippen LogP) is 5.21. The van der Waals surface area contributed by atoms with Gasteiger partial charge in [0.05, 0.1) is 6.04 Å².